The van der Waals surface area contributed by atoms with Gasteiger partial charge < -0.3 is 14.8 Å². The van der Waals surface area contributed by atoms with Crippen molar-refractivity contribution in [2.45, 2.75) is 31.7 Å². The van der Waals surface area contributed by atoms with Crippen molar-refractivity contribution in [1.82, 2.24) is 9.55 Å². The number of nitrogens with zero attached hydrogens (tertiary/aromatic N) is 2. The third-order valence-corrected chi connectivity index (χ3v) is 2.76. The van der Waals surface area contributed by atoms with Gasteiger partial charge in [0.15, 0.2) is 0 Å². The van der Waals surface area contributed by atoms with Gasteiger partial charge in [-0.3, -0.25) is 0 Å². The van der Waals surface area contributed by atoms with Crippen LogP contribution in [0, 0.1) is 0 Å². The fraction of sp³-hybridized carbons (Fsp3) is 0.700. The Morgan fingerprint density at radius 3 is 3.07 bits per heavy atom. The highest BCUT2D eigenvalue weighted by Crippen LogP contribution is 2.26. The van der Waals surface area contributed by atoms with Crippen LogP contribution >= 0.6 is 0 Å². The molecule has 0 fully saturated rings. The summed E-state index contributed by atoms with van der Waals surface area (Å²) in [5, 5.41) is 18.0. The molecule has 4 nitrogen and oxygen atoms in total. The number of aryl methyl sites for hydroxylation is 1. The van der Waals surface area contributed by atoms with Crippen molar-refractivity contribution in [3.8, 4) is 0 Å². The molecule has 1 aromatic rings. The summed E-state index contributed by atoms with van der Waals surface area (Å²) in [4.78, 5) is 4.44. The molecule has 2 heterocycles. The number of hydrogen-bond donors (Lipinski definition) is 2. The first-order chi connectivity index (χ1) is 6.85. The van der Waals surface area contributed by atoms with E-state index in [2.05, 4.69) is 9.55 Å². The van der Waals surface area contributed by atoms with Crippen LogP contribution in [-0.2, 0) is 13.0 Å². The van der Waals surface area contributed by atoms with Crippen LogP contribution in [0.15, 0.2) is 6.20 Å². The maximum Gasteiger partial charge on any atom is 0.114 e. The predicted octanol–water partition coefficient (Wildman–Crippen LogP) is 0.288. The second-order valence-corrected chi connectivity index (χ2v) is 3.78. The van der Waals surface area contributed by atoms with Gasteiger partial charge in [-0.1, -0.05) is 0 Å². The number of aliphatic hydroxyl groups excluding tert-OH is 2. The van der Waals surface area contributed by atoms with Gasteiger partial charge in [-0.05, 0) is 12.8 Å². The summed E-state index contributed by atoms with van der Waals surface area (Å²) in [6.07, 6.45) is 4.73. The summed E-state index contributed by atoms with van der Waals surface area (Å²) in [6.45, 7) is 1.31. The van der Waals surface area contributed by atoms with Gasteiger partial charge in [0, 0.05) is 31.7 Å². The Morgan fingerprint density at radius 1 is 1.50 bits per heavy atom. The Kier molecular flexibility index (Phi) is 2.84. The average molecular weight is 196 g/mol. The Labute approximate surface area is 83.2 Å². The van der Waals surface area contributed by atoms with Gasteiger partial charge in [-0.15, -0.1) is 0 Å². The van der Waals surface area contributed by atoms with Crippen LogP contribution in [-0.4, -0.2) is 33.0 Å². The summed E-state index contributed by atoms with van der Waals surface area (Å²) >= 11 is 0. The molecule has 2 rings (SSSR count). The van der Waals surface area contributed by atoms with Gasteiger partial charge in [0.25, 0.3) is 0 Å². The van der Waals surface area contributed by atoms with Gasteiger partial charge in [-0.2, -0.15) is 0 Å². The first-order valence-corrected chi connectivity index (χ1v) is 5.13. The SMILES string of the molecule is OCCc1cn2c(n1)C(CO)CCC2. The lowest BCUT2D eigenvalue weighted by Crippen LogP contribution is -2.18. The molecular formula is C10H16N2O2. The highest BCUT2D eigenvalue weighted by atomic mass is 16.3. The molecular weight excluding hydrogens is 180 g/mol. The van der Waals surface area contributed by atoms with Crippen LogP contribution in [0.2, 0.25) is 0 Å². The zero-order chi connectivity index (χ0) is 9.97. The van der Waals surface area contributed by atoms with Crippen molar-refractivity contribution in [2.24, 2.45) is 0 Å². The van der Waals surface area contributed by atoms with Crippen LogP contribution in [0.1, 0.15) is 30.3 Å². The zero-order valence-corrected chi connectivity index (χ0v) is 8.19. The molecule has 1 atom stereocenters. The highest BCUT2D eigenvalue weighted by molar-refractivity contribution is 5.10. The maximum absolute atomic E-state index is 9.17. The third kappa shape index (κ3) is 1.67. The summed E-state index contributed by atoms with van der Waals surface area (Å²) in [7, 11) is 0. The Morgan fingerprint density at radius 2 is 2.36 bits per heavy atom. The van der Waals surface area contributed by atoms with Gasteiger partial charge in [0.1, 0.15) is 5.82 Å². The zero-order valence-electron chi connectivity index (χ0n) is 8.19. The molecule has 0 aliphatic carbocycles. The molecule has 78 valence electrons. The van der Waals surface area contributed by atoms with Crippen LogP contribution in [0.25, 0.3) is 0 Å². The van der Waals surface area contributed by atoms with E-state index in [0.29, 0.717) is 6.42 Å². The minimum absolute atomic E-state index is 0.139. The van der Waals surface area contributed by atoms with Crippen LogP contribution in [0.3, 0.4) is 0 Å². The lowest BCUT2D eigenvalue weighted by Gasteiger charge is -2.21. The van der Waals surface area contributed by atoms with E-state index in [1.165, 1.54) is 0 Å². The van der Waals surface area contributed by atoms with E-state index in [1.807, 2.05) is 6.20 Å². The minimum Gasteiger partial charge on any atom is -0.396 e. The van der Waals surface area contributed by atoms with E-state index in [-0.39, 0.29) is 19.1 Å². The Hall–Kier alpha value is -0.870. The standard InChI is InChI=1S/C10H16N2O2/c13-5-3-9-6-12-4-1-2-8(7-14)10(12)11-9/h6,8,13-14H,1-5,7H2. The summed E-state index contributed by atoms with van der Waals surface area (Å²) in [6, 6.07) is 0. The number of aromatic nitrogens is 2. The molecule has 0 amide bonds. The van der Waals surface area contributed by atoms with E-state index in [0.717, 1.165) is 30.9 Å². The lowest BCUT2D eigenvalue weighted by molar-refractivity contribution is 0.238. The van der Waals surface area contributed by atoms with Crippen LogP contribution in [0.4, 0.5) is 0 Å². The van der Waals surface area contributed by atoms with Gasteiger partial charge in [0.2, 0.25) is 0 Å². The number of aliphatic hydroxyl groups is 2. The summed E-state index contributed by atoms with van der Waals surface area (Å²) < 4.78 is 2.11. The fourth-order valence-electron chi connectivity index (χ4n) is 2.04. The largest absolute Gasteiger partial charge is 0.396 e. The number of imidazole rings is 1. The molecule has 0 spiro atoms. The molecule has 0 aromatic carbocycles. The lowest BCUT2D eigenvalue weighted by atomic mass is 10.0. The number of hydrogen-bond acceptors (Lipinski definition) is 3. The molecule has 1 aliphatic rings. The topological polar surface area (TPSA) is 58.3 Å². The van der Waals surface area contributed by atoms with Crippen LogP contribution < -0.4 is 0 Å². The second-order valence-electron chi connectivity index (χ2n) is 3.78. The second kappa shape index (κ2) is 4.11. The Bertz CT molecular complexity index is 309. The highest BCUT2D eigenvalue weighted by Gasteiger charge is 2.21. The maximum atomic E-state index is 9.17. The molecule has 0 saturated heterocycles. The normalized spacial score (nSPS) is 20.9. The quantitative estimate of drug-likeness (QED) is 0.730. The molecule has 2 N–H and O–H groups in total. The van der Waals surface area contributed by atoms with Crippen LogP contribution in [0.5, 0.6) is 0 Å². The minimum atomic E-state index is 0.139. The first kappa shape index (κ1) is 9.68. The molecule has 0 saturated carbocycles. The molecule has 1 aliphatic heterocycles. The van der Waals surface area contributed by atoms with Crippen molar-refractivity contribution >= 4 is 0 Å². The summed E-state index contributed by atoms with van der Waals surface area (Å²) in [5.41, 5.74) is 0.933. The van der Waals surface area contributed by atoms with E-state index in [1.54, 1.807) is 0 Å². The van der Waals surface area contributed by atoms with E-state index in [4.69, 9.17) is 5.11 Å². The average Bonchev–Trinajstić information content (AvgIpc) is 2.60. The smallest absolute Gasteiger partial charge is 0.114 e. The van der Waals surface area contributed by atoms with Gasteiger partial charge >= 0.3 is 0 Å². The van der Waals surface area contributed by atoms with E-state index < -0.39 is 0 Å². The molecule has 0 radical (unpaired) electrons. The molecule has 4 heteroatoms. The van der Waals surface area contributed by atoms with Crippen molar-refractivity contribution in [2.75, 3.05) is 13.2 Å². The van der Waals surface area contributed by atoms with E-state index in [9.17, 15) is 5.11 Å². The molecule has 1 unspecified atom stereocenters. The molecule has 0 bridgehead atoms. The van der Waals surface area contributed by atoms with E-state index >= 15 is 0 Å². The van der Waals surface area contributed by atoms with Gasteiger partial charge in [-0.25, -0.2) is 4.98 Å². The monoisotopic (exact) mass is 196 g/mol. The number of fused-ring (bicyclic) bond motifs is 1. The fourth-order valence-corrected chi connectivity index (χ4v) is 2.04. The molecule has 14 heavy (non-hydrogen) atoms. The molecule has 1 aromatic heterocycles. The first-order valence-electron chi connectivity index (χ1n) is 5.13. The van der Waals surface area contributed by atoms with Gasteiger partial charge in [0.05, 0.1) is 12.3 Å². The summed E-state index contributed by atoms with van der Waals surface area (Å²) in [5.74, 6) is 1.18. The van der Waals surface area contributed by atoms with Crippen molar-refractivity contribution in [1.29, 1.82) is 0 Å². The van der Waals surface area contributed by atoms with Crippen molar-refractivity contribution in [3.63, 3.8) is 0 Å². The Balaban J connectivity index is 2.24. The predicted molar refractivity (Wildman–Crippen MR) is 52.1 cm³/mol. The third-order valence-electron chi connectivity index (χ3n) is 2.76. The van der Waals surface area contributed by atoms with Crippen molar-refractivity contribution in [3.05, 3.63) is 17.7 Å². The number of rotatable bonds is 3. The van der Waals surface area contributed by atoms with Crippen molar-refractivity contribution < 1.29 is 10.2 Å².